The largest absolute Gasteiger partial charge is 0.361 e. The zero-order valence-corrected chi connectivity index (χ0v) is 13.0. The highest BCUT2D eigenvalue weighted by Gasteiger charge is 2.06. The Kier molecular flexibility index (Phi) is 4.59. The van der Waals surface area contributed by atoms with Gasteiger partial charge in [0.05, 0.1) is 0 Å². The van der Waals surface area contributed by atoms with Crippen LogP contribution in [0.4, 0.5) is 5.69 Å². The molecule has 0 heterocycles. The van der Waals surface area contributed by atoms with E-state index in [4.69, 9.17) is 0 Å². The van der Waals surface area contributed by atoms with Crippen molar-refractivity contribution in [2.75, 3.05) is 5.32 Å². The van der Waals surface area contributed by atoms with E-state index in [-0.39, 0.29) is 5.78 Å². The Labute approximate surface area is 126 Å². The molecule has 0 radical (unpaired) electrons. The Balaban J connectivity index is 2.15. The van der Waals surface area contributed by atoms with Crippen LogP contribution in [0.25, 0.3) is 0 Å². The molecule has 0 saturated carbocycles. The van der Waals surface area contributed by atoms with Crippen molar-refractivity contribution in [3.8, 4) is 0 Å². The lowest BCUT2D eigenvalue weighted by molar-refractivity contribution is 0.104. The van der Waals surface area contributed by atoms with Gasteiger partial charge >= 0.3 is 0 Å². The number of nitrogens with one attached hydrogen (secondary N) is 1. The summed E-state index contributed by atoms with van der Waals surface area (Å²) in [5.41, 5.74) is 6.25. The molecular weight excluding hydrogens is 258 g/mol. The molecule has 0 aliphatic rings. The monoisotopic (exact) mass is 279 g/mol. The lowest BCUT2D eigenvalue weighted by Crippen LogP contribution is -2.00. The summed E-state index contributed by atoms with van der Waals surface area (Å²) in [6.45, 7) is 8.06. The minimum Gasteiger partial charge on any atom is -0.361 e. The molecular formula is C19H21NO. The molecule has 2 aromatic rings. The van der Waals surface area contributed by atoms with Gasteiger partial charge in [0.15, 0.2) is 5.78 Å². The number of rotatable bonds is 4. The van der Waals surface area contributed by atoms with Gasteiger partial charge in [0.25, 0.3) is 0 Å². The standard InChI is InChI=1S/C19H21NO/c1-13-8-9-14(2)17(12-13)18(21)10-11-20-19-15(3)6-5-7-16(19)4/h5-12,20H,1-4H3/b11-10+. The first-order valence-corrected chi connectivity index (χ1v) is 7.10. The molecule has 0 spiro atoms. The fraction of sp³-hybridized carbons (Fsp3) is 0.211. The Morgan fingerprint density at radius 3 is 2.29 bits per heavy atom. The van der Waals surface area contributed by atoms with Crippen molar-refractivity contribution in [2.45, 2.75) is 27.7 Å². The third kappa shape index (κ3) is 3.60. The number of aryl methyl sites for hydroxylation is 4. The van der Waals surface area contributed by atoms with Gasteiger partial charge in [-0.15, -0.1) is 0 Å². The summed E-state index contributed by atoms with van der Waals surface area (Å²) in [5.74, 6) is 0.0231. The van der Waals surface area contributed by atoms with E-state index in [1.54, 1.807) is 12.3 Å². The first-order chi connectivity index (χ1) is 9.99. The number of anilines is 1. The van der Waals surface area contributed by atoms with Crippen LogP contribution in [0.15, 0.2) is 48.7 Å². The van der Waals surface area contributed by atoms with Gasteiger partial charge < -0.3 is 5.32 Å². The molecule has 21 heavy (non-hydrogen) atoms. The van der Waals surface area contributed by atoms with Crippen molar-refractivity contribution in [1.82, 2.24) is 0 Å². The maximum absolute atomic E-state index is 12.3. The lowest BCUT2D eigenvalue weighted by Gasteiger charge is -2.09. The van der Waals surface area contributed by atoms with Crippen molar-refractivity contribution >= 4 is 11.5 Å². The van der Waals surface area contributed by atoms with E-state index < -0.39 is 0 Å². The average molecular weight is 279 g/mol. The summed E-state index contributed by atoms with van der Waals surface area (Å²) >= 11 is 0. The summed E-state index contributed by atoms with van der Waals surface area (Å²) in [7, 11) is 0. The normalized spacial score (nSPS) is 10.9. The Morgan fingerprint density at radius 2 is 1.62 bits per heavy atom. The zero-order valence-electron chi connectivity index (χ0n) is 13.0. The third-order valence-corrected chi connectivity index (χ3v) is 3.60. The van der Waals surface area contributed by atoms with Crippen LogP contribution in [0.3, 0.4) is 0 Å². The van der Waals surface area contributed by atoms with Crippen molar-refractivity contribution < 1.29 is 4.79 Å². The van der Waals surface area contributed by atoms with Crippen molar-refractivity contribution in [2.24, 2.45) is 0 Å². The zero-order chi connectivity index (χ0) is 15.4. The van der Waals surface area contributed by atoms with E-state index in [0.29, 0.717) is 0 Å². The molecule has 0 amide bonds. The summed E-state index contributed by atoms with van der Waals surface area (Å²) in [4.78, 5) is 12.3. The molecule has 0 atom stereocenters. The summed E-state index contributed by atoms with van der Waals surface area (Å²) in [6, 6.07) is 12.1. The van der Waals surface area contributed by atoms with Crippen LogP contribution in [0.5, 0.6) is 0 Å². The van der Waals surface area contributed by atoms with Gasteiger partial charge in [-0.2, -0.15) is 0 Å². The van der Waals surface area contributed by atoms with E-state index in [2.05, 4.69) is 31.3 Å². The highest BCUT2D eigenvalue weighted by Crippen LogP contribution is 2.19. The first-order valence-electron chi connectivity index (χ1n) is 7.10. The van der Waals surface area contributed by atoms with E-state index in [1.165, 1.54) is 11.1 Å². The number of carbonyl (C=O) groups excluding carboxylic acids is 1. The van der Waals surface area contributed by atoms with Gasteiger partial charge in [0, 0.05) is 23.5 Å². The molecule has 0 aromatic heterocycles. The van der Waals surface area contributed by atoms with Gasteiger partial charge in [0.1, 0.15) is 0 Å². The van der Waals surface area contributed by atoms with Gasteiger partial charge in [0.2, 0.25) is 0 Å². The highest BCUT2D eigenvalue weighted by atomic mass is 16.1. The molecule has 2 rings (SSSR count). The molecule has 108 valence electrons. The maximum atomic E-state index is 12.3. The lowest BCUT2D eigenvalue weighted by atomic mass is 10.0. The van der Waals surface area contributed by atoms with Gasteiger partial charge in [-0.1, -0.05) is 35.9 Å². The topological polar surface area (TPSA) is 29.1 Å². The van der Waals surface area contributed by atoms with Crippen LogP contribution in [0, 0.1) is 27.7 Å². The summed E-state index contributed by atoms with van der Waals surface area (Å²) < 4.78 is 0. The minimum absolute atomic E-state index is 0.0231. The van der Waals surface area contributed by atoms with Crippen LogP contribution in [-0.2, 0) is 0 Å². The van der Waals surface area contributed by atoms with E-state index in [0.717, 1.165) is 22.4 Å². The molecule has 2 nitrogen and oxygen atoms in total. The SMILES string of the molecule is Cc1ccc(C)c(C(=O)/C=C/Nc2c(C)cccc2C)c1. The van der Waals surface area contributed by atoms with Crippen molar-refractivity contribution in [3.05, 3.63) is 76.5 Å². The predicted molar refractivity (Wildman–Crippen MR) is 88.9 cm³/mol. The molecule has 2 heteroatoms. The van der Waals surface area contributed by atoms with Crippen LogP contribution in [0.2, 0.25) is 0 Å². The van der Waals surface area contributed by atoms with E-state index >= 15 is 0 Å². The second kappa shape index (κ2) is 6.40. The van der Waals surface area contributed by atoms with E-state index in [1.807, 2.05) is 38.1 Å². The predicted octanol–water partition coefficient (Wildman–Crippen LogP) is 4.73. The second-order valence-corrected chi connectivity index (χ2v) is 5.43. The molecule has 0 saturated heterocycles. The quantitative estimate of drug-likeness (QED) is 0.647. The van der Waals surface area contributed by atoms with Crippen LogP contribution in [0.1, 0.15) is 32.6 Å². The molecule has 0 unspecified atom stereocenters. The Morgan fingerprint density at radius 1 is 0.952 bits per heavy atom. The summed E-state index contributed by atoms with van der Waals surface area (Å²) in [6.07, 6.45) is 3.31. The number of allylic oxidation sites excluding steroid dienone is 1. The molecule has 0 fully saturated rings. The van der Waals surface area contributed by atoms with Crippen molar-refractivity contribution in [3.63, 3.8) is 0 Å². The number of para-hydroxylation sites is 1. The van der Waals surface area contributed by atoms with Crippen LogP contribution in [-0.4, -0.2) is 5.78 Å². The molecule has 0 bridgehead atoms. The number of hydrogen-bond acceptors (Lipinski definition) is 2. The molecule has 0 aliphatic heterocycles. The smallest absolute Gasteiger partial charge is 0.187 e. The van der Waals surface area contributed by atoms with E-state index in [9.17, 15) is 4.79 Å². The highest BCUT2D eigenvalue weighted by molar-refractivity contribution is 6.05. The Hall–Kier alpha value is -2.35. The number of hydrogen-bond donors (Lipinski definition) is 1. The number of carbonyl (C=O) groups is 1. The fourth-order valence-corrected chi connectivity index (χ4v) is 2.33. The van der Waals surface area contributed by atoms with Gasteiger partial charge in [-0.05, 0) is 50.5 Å². The third-order valence-electron chi connectivity index (χ3n) is 3.60. The summed E-state index contributed by atoms with van der Waals surface area (Å²) in [5, 5.41) is 3.21. The van der Waals surface area contributed by atoms with Crippen molar-refractivity contribution in [1.29, 1.82) is 0 Å². The molecule has 0 aliphatic carbocycles. The molecule has 2 aromatic carbocycles. The van der Waals surface area contributed by atoms with Crippen LogP contribution < -0.4 is 5.32 Å². The van der Waals surface area contributed by atoms with Gasteiger partial charge in [-0.3, -0.25) is 4.79 Å². The second-order valence-electron chi connectivity index (χ2n) is 5.43. The first kappa shape index (κ1) is 15.0. The number of benzene rings is 2. The Bertz CT molecular complexity index is 678. The average Bonchev–Trinajstić information content (AvgIpc) is 2.44. The molecule has 1 N–H and O–H groups in total. The number of ketones is 1. The fourth-order valence-electron chi connectivity index (χ4n) is 2.33. The van der Waals surface area contributed by atoms with Crippen LogP contribution >= 0.6 is 0 Å². The maximum Gasteiger partial charge on any atom is 0.187 e. The van der Waals surface area contributed by atoms with Gasteiger partial charge in [-0.25, -0.2) is 0 Å². The minimum atomic E-state index is 0.0231.